The molecule has 1 atom stereocenters. The molecule has 0 fully saturated rings. The summed E-state index contributed by atoms with van der Waals surface area (Å²) in [6.07, 6.45) is 0. The summed E-state index contributed by atoms with van der Waals surface area (Å²) in [4.78, 5) is 0. The van der Waals surface area contributed by atoms with E-state index in [1.807, 2.05) is 12.1 Å². The molecule has 17 heavy (non-hydrogen) atoms. The first-order valence-corrected chi connectivity index (χ1v) is 5.99. The van der Waals surface area contributed by atoms with Gasteiger partial charge in [0.05, 0.1) is 0 Å². The molecule has 3 N–H and O–H groups in total. The molecule has 0 bridgehead atoms. The maximum absolute atomic E-state index is 6.08. The lowest BCUT2D eigenvalue weighted by Crippen LogP contribution is -2.29. The van der Waals surface area contributed by atoms with E-state index in [1.165, 1.54) is 16.7 Å². The fourth-order valence-electron chi connectivity index (χ4n) is 2.60. The highest BCUT2D eigenvalue weighted by Crippen LogP contribution is 2.32. The lowest BCUT2D eigenvalue weighted by molar-refractivity contribution is 0.592. The smallest absolute Gasteiger partial charge is 0.0353 e. The zero-order valence-electron chi connectivity index (χ0n) is 9.69. The zero-order valence-corrected chi connectivity index (χ0v) is 9.69. The van der Waals surface area contributed by atoms with Crippen molar-refractivity contribution in [3.63, 3.8) is 0 Å². The summed E-state index contributed by atoms with van der Waals surface area (Å²) in [5, 5.41) is 3.46. The molecule has 0 radical (unpaired) electrons. The van der Waals surface area contributed by atoms with Crippen molar-refractivity contribution in [2.45, 2.75) is 12.5 Å². The van der Waals surface area contributed by atoms with Crippen LogP contribution in [-0.4, -0.2) is 6.54 Å². The van der Waals surface area contributed by atoms with Crippen molar-refractivity contribution < 1.29 is 0 Å². The molecule has 0 saturated carbocycles. The number of para-hydroxylation sites is 1. The highest BCUT2D eigenvalue weighted by molar-refractivity contribution is 5.53. The number of nitrogens with two attached hydrogens (primary N) is 1. The molecule has 2 aromatic rings. The number of hydrogen-bond donors (Lipinski definition) is 2. The monoisotopic (exact) mass is 224 g/mol. The van der Waals surface area contributed by atoms with Crippen LogP contribution in [-0.2, 0) is 6.54 Å². The van der Waals surface area contributed by atoms with E-state index in [4.69, 9.17) is 5.73 Å². The summed E-state index contributed by atoms with van der Waals surface area (Å²) in [6, 6.07) is 16.8. The third kappa shape index (κ3) is 1.81. The predicted molar refractivity (Wildman–Crippen MR) is 70.8 cm³/mol. The van der Waals surface area contributed by atoms with E-state index in [-0.39, 0.29) is 0 Å². The number of fused-ring (bicyclic) bond motifs is 1. The molecular weight excluding hydrogens is 208 g/mol. The van der Waals surface area contributed by atoms with E-state index in [9.17, 15) is 0 Å². The minimum absolute atomic E-state index is 0.376. The van der Waals surface area contributed by atoms with Gasteiger partial charge in [-0.3, -0.25) is 0 Å². The number of benzene rings is 2. The van der Waals surface area contributed by atoms with Crippen LogP contribution >= 0.6 is 0 Å². The molecule has 2 nitrogen and oxygen atoms in total. The van der Waals surface area contributed by atoms with Crippen molar-refractivity contribution in [2.24, 2.45) is 0 Å². The van der Waals surface area contributed by atoms with Gasteiger partial charge in [-0.05, 0) is 22.8 Å². The number of hydrogen-bond acceptors (Lipinski definition) is 2. The molecule has 1 aliphatic heterocycles. The Hall–Kier alpha value is -1.80. The van der Waals surface area contributed by atoms with Crippen molar-refractivity contribution in [2.75, 3.05) is 12.3 Å². The van der Waals surface area contributed by atoms with Crippen LogP contribution in [0, 0.1) is 0 Å². The van der Waals surface area contributed by atoms with Gasteiger partial charge in [0, 0.05) is 24.7 Å². The molecule has 0 aromatic heterocycles. The van der Waals surface area contributed by atoms with Crippen LogP contribution in [0.15, 0.2) is 48.5 Å². The zero-order chi connectivity index (χ0) is 11.7. The average molecular weight is 224 g/mol. The van der Waals surface area contributed by atoms with Gasteiger partial charge in [0.1, 0.15) is 0 Å². The number of nitrogens with one attached hydrogen (secondary N) is 1. The molecule has 0 amide bonds. The van der Waals surface area contributed by atoms with Gasteiger partial charge in [0.25, 0.3) is 0 Å². The Labute approximate surface area is 101 Å². The van der Waals surface area contributed by atoms with Crippen LogP contribution in [0.25, 0.3) is 0 Å². The largest absolute Gasteiger partial charge is 0.398 e. The molecule has 2 heteroatoms. The first-order valence-electron chi connectivity index (χ1n) is 5.99. The summed E-state index contributed by atoms with van der Waals surface area (Å²) in [6.45, 7) is 1.92. The van der Waals surface area contributed by atoms with Gasteiger partial charge in [0.15, 0.2) is 0 Å². The van der Waals surface area contributed by atoms with Gasteiger partial charge < -0.3 is 11.1 Å². The average Bonchev–Trinajstić information content (AvgIpc) is 2.39. The maximum atomic E-state index is 6.08. The first kappa shape index (κ1) is 10.4. The lowest BCUT2D eigenvalue weighted by atomic mass is 9.85. The second-order valence-corrected chi connectivity index (χ2v) is 4.51. The normalized spacial score (nSPS) is 18.7. The number of nitrogen functional groups attached to an aromatic ring is 1. The summed E-state index contributed by atoms with van der Waals surface area (Å²) >= 11 is 0. The Kier molecular flexibility index (Phi) is 2.57. The molecular formula is C15H16N2. The van der Waals surface area contributed by atoms with Gasteiger partial charge >= 0.3 is 0 Å². The fraction of sp³-hybridized carbons (Fsp3) is 0.200. The molecule has 1 unspecified atom stereocenters. The molecule has 2 aromatic carbocycles. The van der Waals surface area contributed by atoms with Crippen LogP contribution in [0.2, 0.25) is 0 Å². The molecule has 0 aliphatic carbocycles. The van der Waals surface area contributed by atoms with E-state index < -0.39 is 0 Å². The van der Waals surface area contributed by atoms with E-state index in [0.29, 0.717) is 5.92 Å². The molecule has 1 heterocycles. The highest BCUT2D eigenvalue weighted by Gasteiger charge is 2.22. The minimum atomic E-state index is 0.376. The van der Waals surface area contributed by atoms with Gasteiger partial charge in [-0.25, -0.2) is 0 Å². The van der Waals surface area contributed by atoms with Crippen LogP contribution in [0.4, 0.5) is 5.69 Å². The summed E-state index contributed by atoms with van der Waals surface area (Å²) < 4.78 is 0. The van der Waals surface area contributed by atoms with Crippen LogP contribution in [0.5, 0.6) is 0 Å². The summed E-state index contributed by atoms with van der Waals surface area (Å²) in [5.41, 5.74) is 11.0. The Morgan fingerprint density at radius 2 is 1.65 bits per heavy atom. The third-order valence-electron chi connectivity index (χ3n) is 3.47. The topological polar surface area (TPSA) is 38.0 Å². The lowest BCUT2D eigenvalue weighted by Gasteiger charge is -2.27. The summed E-state index contributed by atoms with van der Waals surface area (Å²) in [7, 11) is 0. The quantitative estimate of drug-likeness (QED) is 0.730. The van der Waals surface area contributed by atoms with Crippen LogP contribution in [0.1, 0.15) is 22.6 Å². The minimum Gasteiger partial charge on any atom is -0.398 e. The predicted octanol–water partition coefficient (Wildman–Crippen LogP) is 2.50. The van der Waals surface area contributed by atoms with Crippen molar-refractivity contribution in [1.29, 1.82) is 0 Å². The number of anilines is 1. The Morgan fingerprint density at radius 3 is 2.47 bits per heavy atom. The standard InChI is InChI=1S/C15H16N2/c16-15-8-4-3-7-13(15)14-10-17-9-11-5-1-2-6-12(11)14/h1-8,14,17H,9-10,16H2. The van der Waals surface area contributed by atoms with E-state index >= 15 is 0 Å². The summed E-state index contributed by atoms with van der Waals surface area (Å²) in [5.74, 6) is 0.376. The molecule has 0 spiro atoms. The molecule has 86 valence electrons. The third-order valence-corrected chi connectivity index (χ3v) is 3.47. The molecule has 0 saturated heterocycles. The molecule has 1 aliphatic rings. The van der Waals surface area contributed by atoms with Gasteiger partial charge in [-0.15, -0.1) is 0 Å². The van der Waals surface area contributed by atoms with Crippen LogP contribution in [0.3, 0.4) is 0 Å². The first-order chi connectivity index (χ1) is 8.36. The van der Waals surface area contributed by atoms with Gasteiger partial charge in [-0.2, -0.15) is 0 Å². The van der Waals surface area contributed by atoms with Crippen molar-refractivity contribution in [3.05, 3.63) is 65.2 Å². The van der Waals surface area contributed by atoms with E-state index in [1.54, 1.807) is 0 Å². The fourth-order valence-corrected chi connectivity index (χ4v) is 2.60. The van der Waals surface area contributed by atoms with E-state index in [2.05, 4.69) is 41.7 Å². The van der Waals surface area contributed by atoms with Gasteiger partial charge in [0.2, 0.25) is 0 Å². The Bertz CT molecular complexity index is 534. The second-order valence-electron chi connectivity index (χ2n) is 4.51. The van der Waals surface area contributed by atoms with Crippen molar-refractivity contribution in [3.8, 4) is 0 Å². The van der Waals surface area contributed by atoms with Gasteiger partial charge in [-0.1, -0.05) is 42.5 Å². The highest BCUT2D eigenvalue weighted by atomic mass is 14.9. The SMILES string of the molecule is Nc1ccccc1C1CNCc2ccccc21. The second kappa shape index (κ2) is 4.22. The van der Waals surface area contributed by atoms with E-state index in [0.717, 1.165) is 18.8 Å². The van der Waals surface area contributed by atoms with Crippen molar-refractivity contribution in [1.82, 2.24) is 5.32 Å². The molecule has 3 rings (SSSR count). The Morgan fingerprint density at radius 1 is 0.941 bits per heavy atom. The number of rotatable bonds is 1. The Balaban J connectivity index is 2.09. The van der Waals surface area contributed by atoms with Crippen molar-refractivity contribution >= 4 is 5.69 Å². The van der Waals surface area contributed by atoms with Crippen LogP contribution < -0.4 is 11.1 Å². The maximum Gasteiger partial charge on any atom is 0.0353 e.